The number of aliphatic hydroxyl groups excluding tert-OH is 1. The quantitative estimate of drug-likeness (QED) is 0.0650. The maximum atomic E-state index is 13.2. The third kappa shape index (κ3) is 5.07. The Hall–Kier alpha value is -5.60. The Kier molecular flexibility index (Phi) is 6.70. The molecule has 0 atom stereocenters. The number of hydrogen-bond donors (Lipinski definition) is 6. The zero-order valence-electron chi connectivity index (χ0n) is 20.7. The second kappa shape index (κ2) is 10.2. The number of anilines is 3. The Labute approximate surface area is 231 Å². The lowest BCUT2D eigenvalue weighted by molar-refractivity contribution is -0.117. The van der Waals surface area contributed by atoms with Gasteiger partial charge in [-0.15, -0.1) is 0 Å². The number of benzene rings is 3. The molecule has 13 nitrogen and oxygen atoms in total. The van der Waals surface area contributed by atoms with E-state index in [1.54, 1.807) is 30.3 Å². The smallest absolute Gasteiger partial charge is 0.296 e. The van der Waals surface area contributed by atoms with Gasteiger partial charge < -0.3 is 15.9 Å². The number of fused-ring (bicyclic) bond motifs is 2. The predicted molar refractivity (Wildman–Crippen MR) is 152 cm³/mol. The summed E-state index contributed by atoms with van der Waals surface area (Å²) < 4.78 is 34.0. The van der Waals surface area contributed by atoms with Crippen molar-refractivity contribution in [1.29, 1.82) is 0 Å². The van der Waals surface area contributed by atoms with E-state index in [0.29, 0.717) is 22.1 Å². The van der Waals surface area contributed by atoms with Crippen LogP contribution in [0.4, 0.5) is 17.1 Å². The minimum atomic E-state index is -4.82. The lowest BCUT2D eigenvalue weighted by Gasteiger charge is -2.17. The highest BCUT2D eigenvalue weighted by atomic mass is 32.2. The van der Waals surface area contributed by atoms with Crippen molar-refractivity contribution < 1.29 is 37.6 Å². The highest BCUT2D eigenvalue weighted by Crippen LogP contribution is 2.31. The first-order valence-electron chi connectivity index (χ1n) is 11.7. The third-order valence-electron chi connectivity index (χ3n) is 6.17. The fraction of sp³-hybridized carbons (Fsp3) is 0. The van der Waals surface area contributed by atoms with Crippen molar-refractivity contribution in [3.05, 3.63) is 94.3 Å². The summed E-state index contributed by atoms with van der Waals surface area (Å²) in [6, 6.07) is 14.3. The van der Waals surface area contributed by atoms with Gasteiger partial charge in [-0.3, -0.25) is 29.8 Å². The van der Waals surface area contributed by atoms with Crippen molar-refractivity contribution in [3.8, 4) is 0 Å². The van der Waals surface area contributed by atoms with Crippen molar-refractivity contribution in [2.75, 3.05) is 16.6 Å². The number of ketones is 3. The number of carbonyl (C=O) groups is 3. The molecule has 2 aliphatic carbocycles. The monoisotopic (exact) mass is 573 g/mol. The van der Waals surface area contributed by atoms with Gasteiger partial charge in [0.2, 0.25) is 11.6 Å². The molecule has 2 aliphatic rings. The molecule has 0 aromatic heterocycles. The Bertz CT molecular complexity index is 1950. The van der Waals surface area contributed by atoms with Gasteiger partial charge in [-0.1, -0.05) is 30.3 Å². The van der Waals surface area contributed by atoms with Gasteiger partial charge in [-0.2, -0.15) is 18.6 Å². The Morgan fingerprint density at radius 2 is 1.46 bits per heavy atom. The number of nitrogens with one attached hydrogen (secondary N) is 2. The summed E-state index contributed by atoms with van der Waals surface area (Å²) in [6.45, 7) is 0. The first kappa shape index (κ1) is 27.0. The summed E-state index contributed by atoms with van der Waals surface area (Å²) in [5.74, 6) is -4.02. The number of Topliss-reactive ketones (excluding diaryl/α,β-unsaturated/α-hetero) is 2. The first-order valence-corrected chi connectivity index (χ1v) is 13.1. The summed E-state index contributed by atoms with van der Waals surface area (Å²) in [7, 11) is -4.82. The molecular weight excluding hydrogens is 554 g/mol. The Morgan fingerprint density at radius 1 is 0.829 bits per heavy atom. The largest absolute Gasteiger partial charge is 0.480 e. The molecule has 0 fully saturated rings. The van der Waals surface area contributed by atoms with Crippen molar-refractivity contribution in [2.24, 2.45) is 10.2 Å². The Morgan fingerprint density at radius 3 is 2.07 bits per heavy atom. The van der Waals surface area contributed by atoms with E-state index in [1.807, 2.05) is 0 Å². The predicted octanol–water partition coefficient (Wildman–Crippen LogP) is 3.12. The van der Waals surface area contributed by atoms with Gasteiger partial charge in [0, 0.05) is 22.0 Å². The molecule has 0 saturated carbocycles. The Balaban J connectivity index is 1.51. The lowest BCUT2D eigenvalue weighted by atomic mass is 9.94. The van der Waals surface area contributed by atoms with Crippen molar-refractivity contribution in [1.82, 2.24) is 0 Å². The van der Waals surface area contributed by atoms with Crippen molar-refractivity contribution in [3.63, 3.8) is 0 Å². The molecule has 41 heavy (non-hydrogen) atoms. The number of nitrogens with two attached hydrogens (primary N) is 1. The number of rotatable bonds is 5. The zero-order valence-corrected chi connectivity index (χ0v) is 21.5. The topological polar surface area (TPSA) is 221 Å². The molecule has 3 aromatic rings. The number of allylic oxidation sites excluding steroid dienone is 4. The summed E-state index contributed by atoms with van der Waals surface area (Å²) in [4.78, 5) is 36.7. The molecule has 0 bridgehead atoms. The average molecular weight is 574 g/mol. The number of nitrogen functional groups attached to an aromatic ring is 1. The van der Waals surface area contributed by atoms with Crippen molar-refractivity contribution in [2.45, 2.75) is 0 Å². The normalized spacial score (nSPS) is 17.1. The molecule has 7 N–H and O–H groups in total. The highest BCUT2D eigenvalue weighted by molar-refractivity contribution is 7.91. The molecular formula is C27H19N5O8S. The lowest BCUT2D eigenvalue weighted by Crippen LogP contribution is -2.27. The van der Waals surface area contributed by atoms with Gasteiger partial charge in [0.05, 0.1) is 11.4 Å². The molecule has 5 rings (SSSR count). The van der Waals surface area contributed by atoms with E-state index in [1.165, 1.54) is 24.3 Å². The molecule has 0 spiro atoms. The molecule has 0 aliphatic heterocycles. The van der Waals surface area contributed by atoms with E-state index in [-0.39, 0.29) is 22.5 Å². The van der Waals surface area contributed by atoms with Crippen molar-refractivity contribution >= 4 is 72.8 Å². The van der Waals surface area contributed by atoms with Crippen LogP contribution in [-0.4, -0.2) is 52.0 Å². The van der Waals surface area contributed by atoms with E-state index in [2.05, 4.69) is 21.1 Å². The fourth-order valence-electron chi connectivity index (χ4n) is 4.23. The minimum Gasteiger partial charge on any atom is -0.480 e. The molecule has 14 heteroatoms. The second-order valence-corrected chi connectivity index (χ2v) is 10.2. The van der Waals surface area contributed by atoms with Crippen LogP contribution in [-0.2, 0) is 19.7 Å². The van der Waals surface area contributed by atoms with E-state index in [4.69, 9.17) is 5.73 Å². The van der Waals surface area contributed by atoms with Crippen LogP contribution in [0, 0.1) is 0 Å². The summed E-state index contributed by atoms with van der Waals surface area (Å²) >= 11 is 0. The number of carbonyl (C=O) groups excluding carboxylic acids is 3. The van der Waals surface area contributed by atoms with Gasteiger partial charge in [-0.05, 0) is 48.1 Å². The van der Waals surface area contributed by atoms with E-state index >= 15 is 0 Å². The van der Waals surface area contributed by atoms with E-state index in [9.17, 15) is 37.6 Å². The number of hydrogen-bond acceptors (Lipinski definition) is 12. The number of nitrogens with zero attached hydrogens (tertiary/aromatic N) is 2. The number of aliphatic hydroxyl groups is 2. The molecule has 0 heterocycles. The maximum Gasteiger partial charge on any atom is 0.296 e. The molecule has 0 unspecified atom stereocenters. The van der Waals surface area contributed by atoms with Crippen LogP contribution in [0.15, 0.2) is 93.4 Å². The van der Waals surface area contributed by atoms with Crippen LogP contribution >= 0.6 is 0 Å². The van der Waals surface area contributed by atoms with Crippen LogP contribution in [0.1, 0.15) is 15.9 Å². The first-order chi connectivity index (χ1) is 19.5. The standard InChI is InChI=1S/C27H19N5O8S/c28-14-6-5-13-11-22(41(38,39)40)24(25(34)17(13)12-14)32-30-19-8-7-18(15-3-1-2-4-16(15)19)29-31-20-9-10-21(33)23(26(20)35)27(36)37/h1-12,29-30,36-37H,28H2,(H,38,39,40). The van der Waals surface area contributed by atoms with Gasteiger partial charge >= 0.3 is 0 Å². The molecule has 0 saturated heterocycles. The van der Waals surface area contributed by atoms with E-state index in [0.717, 1.165) is 18.2 Å². The van der Waals surface area contributed by atoms with Crippen LogP contribution < -0.4 is 16.6 Å². The van der Waals surface area contributed by atoms with Gasteiger partial charge in [0.15, 0.2) is 17.1 Å². The molecule has 3 aromatic carbocycles. The molecule has 0 amide bonds. The van der Waals surface area contributed by atoms with Crippen LogP contribution in [0.3, 0.4) is 0 Å². The SMILES string of the molecule is Nc1ccc2c(c1)C(=O)C(=NNc1ccc(NN=C3C=CC(=O)C(=C(O)O)C3=O)c3ccccc13)C(S(=O)(=O)O)=C2. The van der Waals surface area contributed by atoms with E-state index < -0.39 is 49.6 Å². The fourth-order valence-corrected chi connectivity index (χ4v) is 4.89. The summed E-state index contributed by atoms with van der Waals surface area (Å²) in [6.07, 6.45) is 3.23. The van der Waals surface area contributed by atoms with Gasteiger partial charge in [0.1, 0.15) is 10.6 Å². The average Bonchev–Trinajstić information content (AvgIpc) is 2.92. The molecule has 0 radical (unpaired) electrons. The highest BCUT2D eigenvalue weighted by Gasteiger charge is 2.33. The maximum absolute atomic E-state index is 13.2. The molecule has 206 valence electrons. The van der Waals surface area contributed by atoms with Crippen LogP contribution in [0.25, 0.3) is 16.8 Å². The van der Waals surface area contributed by atoms with Gasteiger partial charge in [0.25, 0.3) is 16.1 Å². The van der Waals surface area contributed by atoms with Crippen LogP contribution in [0.5, 0.6) is 0 Å². The third-order valence-corrected chi connectivity index (χ3v) is 7.03. The second-order valence-electron chi connectivity index (χ2n) is 8.77. The number of hydrazone groups is 2. The summed E-state index contributed by atoms with van der Waals surface area (Å²) in [5, 5.41) is 27.7. The zero-order chi connectivity index (χ0) is 29.5. The van der Waals surface area contributed by atoms with Crippen LogP contribution in [0.2, 0.25) is 0 Å². The summed E-state index contributed by atoms with van der Waals surface area (Å²) in [5.41, 5.74) is 11.0. The minimum absolute atomic E-state index is 0.113. The van der Waals surface area contributed by atoms with Gasteiger partial charge in [-0.25, -0.2) is 0 Å².